The quantitative estimate of drug-likeness (QED) is 0.821. The maximum absolute atomic E-state index is 12.7. The van der Waals surface area contributed by atoms with Crippen LogP contribution in [0.4, 0.5) is 5.69 Å². The molecule has 1 amide bonds. The summed E-state index contributed by atoms with van der Waals surface area (Å²) in [5.41, 5.74) is 12.4. The van der Waals surface area contributed by atoms with Crippen molar-refractivity contribution in [3.63, 3.8) is 0 Å². The molecule has 1 aliphatic carbocycles. The Hall–Kier alpha value is -2.53. The third-order valence-electron chi connectivity index (χ3n) is 6.04. The standard InChI is InChI=1S/C24H31N3O2/c1-3-4-11-21-22(23(25)28)18-9-7-10-19(18)24(26-13-15-29-16-14-26)27(21)20-12-6-5-8-17(20)2/h5-6,8,11-12H,3-4,7,9-10,13-16H2,1-2H3,(H2,25,28)/b21-11+. The van der Waals surface area contributed by atoms with Gasteiger partial charge in [-0.15, -0.1) is 0 Å². The third kappa shape index (κ3) is 3.60. The van der Waals surface area contributed by atoms with Crippen LogP contribution in [0.25, 0.3) is 0 Å². The molecule has 5 nitrogen and oxygen atoms in total. The molecule has 5 heteroatoms. The normalized spacial score (nSPS) is 21.2. The van der Waals surface area contributed by atoms with Gasteiger partial charge in [0.15, 0.2) is 0 Å². The zero-order valence-electron chi connectivity index (χ0n) is 17.5. The van der Waals surface area contributed by atoms with Gasteiger partial charge in [0.2, 0.25) is 0 Å². The maximum atomic E-state index is 12.7. The van der Waals surface area contributed by atoms with Crippen LogP contribution in [-0.4, -0.2) is 37.1 Å². The Kier molecular flexibility index (Phi) is 5.76. The molecule has 2 N–H and O–H groups in total. The molecule has 0 aromatic heterocycles. The molecule has 2 aliphatic heterocycles. The van der Waals surface area contributed by atoms with E-state index < -0.39 is 0 Å². The van der Waals surface area contributed by atoms with Gasteiger partial charge in [0, 0.05) is 13.1 Å². The number of carbonyl (C=O) groups is 1. The molecule has 2 heterocycles. The van der Waals surface area contributed by atoms with Crippen LogP contribution in [0.1, 0.15) is 44.6 Å². The number of amides is 1. The summed E-state index contributed by atoms with van der Waals surface area (Å²) in [5.74, 6) is 0.906. The highest BCUT2D eigenvalue weighted by Crippen LogP contribution is 2.47. The Morgan fingerprint density at radius 2 is 1.90 bits per heavy atom. The SMILES string of the molecule is CCC/C=C1\C(C(N)=O)=C2CCCC2=C(N2CCOCC2)N1c1ccccc1C. The number of morpholine rings is 1. The van der Waals surface area contributed by atoms with Gasteiger partial charge in [-0.05, 0) is 55.4 Å². The second-order valence-electron chi connectivity index (χ2n) is 7.97. The van der Waals surface area contributed by atoms with Crippen LogP contribution in [0, 0.1) is 6.92 Å². The fourth-order valence-electron chi connectivity index (χ4n) is 4.70. The lowest BCUT2D eigenvalue weighted by Crippen LogP contribution is -2.45. The van der Waals surface area contributed by atoms with Crippen molar-refractivity contribution < 1.29 is 9.53 Å². The number of allylic oxidation sites excluding steroid dienone is 3. The number of para-hydroxylation sites is 1. The van der Waals surface area contributed by atoms with Gasteiger partial charge in [-0.1, -0.05) is 37.6 Å². The highest BCUT2D eigenvalue weighted by Gasteiger charge is 2.38. The van der Waals surface area contributed by atoms with Gasteiger partial charge in [0.05, 0.1) is 30.2 Å². The van der Waals surface area contributed by atoms with Crippen molar-refractivity contribution in [1.82, 2.24) is 4.90 Å². The van der Waals surface area contributed by atoms with E-state index in [9.17, 15) is 4.79 Å². The minimum atomic E-state index is -0.318. The zero-order valence-corrected chi connectivity index (χ0v) is 17.5. The number of primary amides is 1. The van der Waals surface area contributed by atoms with Crippen LogP contribution in [0.15, 0.2) is 58.6 Å². The Morgan fingerprint density at radius 1 is 1.17 bits per heavy atom. The number of aryl methyl sites for hydroxylation is 1. The summed E-state index contributed by atoms with van der Waals surface area (Å²) >= 11 is 0. The van der Waals surface area contributed by atoms with Gasteiger partial charge in [-0.3, -0.25) is 9.69 Å². The summed E-state index contributed by atoms with van der Waals surface area (Å²) in [6.07, 6.45) is 7.12. The highest BCUT2D eigenvalue weighted by atomic mass is 16.5. The van der Waals surface area contributed by atoms with Crippen molar-refractivity contribution in [3.05, 3.63) is 64.1 Å². The first-order valence-electron chi connectivity index (χ1n) is 10.8. The first-order valence-corrected chi connectivity index (χ1v) is 10.8. The molecule has 0 spiro atoms. The number of nitrogens with two attached hydrogens (primary N) is 1. The second-order valence-corrected chi connectivity index (χ2v) is 7.97. The number of unbranched alkanes of at least 4 members (excludes halogenated alkanes) is 1. The number of fused-ring (bicyclic) bond motifs is 1. The van der Waals surface area contributed by atoms with Crippen molar-refractivity contribution in [2.75, 3.05) is 31.2 Å². The van der Waals surface area contributed by atoms with E-state index in [1.165, 1.54) is 17.0 Å². The molecule has 154 valence electrons. The van der Waals surface area contributed by atoms with Gasteiger partial charge in [0.1, 0.15) is 5.82 Å². The number of benzene rings is 1. The average molecular weight is 394 g/mol. The molecule has 29 heavy (non-hydrogen) atoms. The zero-order chi connectivity index (χ0) is 20.4. The monoisotopic (exact) mass is 393 g/mol. The van der Waals surface area contributed by atoms with Crippen molar-refractivity contribution in [1.29, 1.82) is 0 Å². The van der Waals surface area contributed by atoms with Crippen LogP contribution in [0.3, 0.4) is 0 Å². The summed E-state index contributed by atoms with van der Waals surface area (Å²) in [4.78, 5) is 17.4. The molecular formula is C24H31N3O2. The van der Waals surface area contributed by atoms with Gasteiger partial charge in [-0.2, -0.15) is 0 Å². The number of hydrogen-bond acceptors (Lipinski definition) is 4. The molecule has 1 aromatic carbocycles. The largest absolute Gasteiger partial charge is 0.378 e. The predicted octanol–water partition coefficient (Wildman–Crippen LogP) is 4.01. The number of anilines is 1. The van der Waals surface area contributed by atoms with Gasteiger partial charge in [0.25, 0.3) is 5.91 Å². The fourth-order valence-corrected chi connectivity index (χ4v) is 4.70. The number of nitrogens with zero attached hydrogens (tertiary/aromatic N) is 2. The summed E-state index contributed by atoms with van der Waals surface area (Å²) in [6, 6.07) is 8.41. The van der Waals surface area contributed by atoms with E-state index >= 15 is 0 Å². The Labute approximate surface area is 173 Å². The minimum Gasteiger partial charge on any atom is -0.378 e. The smallest absolute Gasteiger partial charge is 0.251 e. The maximum Gasteiger partial charge on any atom is 0.251 e. The van der Waals surface area contributed by atoms with Crippen molar-refractivity contribution >= 4 is 11.6 Å². The second kappa shape index (κ2) is 8.46. The Morgan fingerprint density at radius 3 is 2.59 bits per heavy atom. The van der Waals surface area contributed by atoms with E-state index in [-0.39, 0.29) is 5.91 Å². The van der Waals surface area contributed by atoms with Crippen molar-refractivity contribution in [2.45, 2.75) is 46.0 Å². The average Bonchev–Trinajstić information content (AvgIpc) is 3.20. The van der Waals surface area contributed by atoms with E-state index in [4.69, 9.17) is 10.5 Å². The molecular weight excluding hydrogens is 362 g/mol. The lowest BCUT2D eigenvalue weighted by atomic mass is 9.92. The summed E-state index contributed by atoms with van der Waals surface area (Å²) in [6.45, 7) is 7.48. The van der Waals surface area contributed by atoms with E-state index in [1.54, 1.807) is 0 Å². The van der Waals surface area contributed by atoms with Crippen LogP contribution in [0.5, 0.6) is 0 Å². The minimum absolute atomic E-state index is 0.318. The molecule has 1 saturated heterocycles. The van der Waals surface area contributed by atoms with E-state index in [0.29, 0.717) is 5.57 Å². The molecule has 1 saturated carbocycles. The lowest BCUT2D eigenvalue weighted by Gasteiger charge is -2.43. The molecule has 3 aliphatic rings. The number of ether oxygens (including phenoxy) is 1. The Balaban J connectivity index is 1.98. The topological polar surface area (TPSA) is 58.8 Å². The number of carbonyl (C=O) groups excluding carboxylic acids is 1. The Bertz CT molecular complexity index is 891. The molecule has 0 atom stereocenters. The molecule has 2 fully saturated rings. The summed E-state index contributed by atoms with van der Waals surface area (Å²) in [5, 5.41) is 0. The number of hydrogen-bond donors (Lipinski definition) is 1. The van der Waals surface area contributed by atoms with E-state index in [1.807, 2.05) is 0 Å². The van der Waals surface area contributed by atoms with Crippen LogP contribution >= 0.6 is 0 Å². The first-order chi connectivity index (χ1) is 14.1. The van der Waals surface area contributed by atoms with Crippen LogP contribution in [-0.2, 0) is 9.53 Å². The fraction of sp³-hybridized carbons (Fsp3) is 0.458. The van der Waals surface area contributed by atoms with Gasteiger partial charge < -0.3 is 15.4 Å². The van der Waals surface area contributed by atoms with Crippen molar-refractivity contribution in [2.24, 2.45) is 5.73 Å². The van der Waals surface area contributed by atoms with Gasteiger partial charge in [-0.25, -0.2) is 0 Å². The van der Waals surface area contributed by atoms with E-state index in [0.717, 1.165) is 75.4 Å². The van der Waals surface area contributed by atoms with Crippen LogP contribution < -0.4 is 10.6 Å². The molecule has 0 unspecified atom stereocenters. The predicted molar refractivity (Wildman–Crippen MR) is 116 cm³/mol. The molecule has 0 radical (unpaired) electrons. The first kappa shape index (κ1) is 19.8. The third-order valence-corrected chi connectivity index (χ3v) is 6.04. The number of rotatable bonds is 5. The molecule has 1 aromatic rings. The van der Waals surface area contributed by atoms with Crippen molar-refractivity contribution in [3.8, 4) is 0 Å². The highest BCUT2D eigenvalue weighted by molar-refractivity contribution is 6.01. The summed E-state index contributed by atoms with van der Waals surface area (Å²) in [7, 11) is 0. The van der Waals surface area contributed by atoms with Gasteiger partial charge >= 0.3 is 0 Å². The van der Waals surface area contributed by atoms with Crippen LogP contribution in [0.2, 0.25) is 0 Å². The molecule has 0 bridgehead atoms. The van der Waals surface area contributed by atoms with E-state index in [2.05, 4.69) is 54.0 Å². The summed E-state index contributed by atoms with van der Waals surface area (Å²) < 4.78 is 5.63. The lowest BCUT2D eigenvalue weighted by molar-refractivity contribution is -0.114. The molecule has 4 rings (SSSR count).